The van der Waals surface area contributed by atoms with Crippen molar-refractivity contribution < 1.29 is 14.3 Å². The maximum atomic E-state index is 11.7. The highest BCUT2D eigenvalue weighted by Gasteiger charge is 2.13. The molecule has 0 aliphatic carbocycles. The van der Waals surface area contributed by atoms with E-state index in [2.05, 4.69) is 9.97 Å². The predicted molar refractivity (Wildman–Crippen MR) is 79.5 cm³/mol. The van der Waals surface area contributed by atoms with E-state index in [0.29, 0.717) is 23.7 Å². The molecule has 0 atom stereocenters. The Labute approximate surface area is 124 Å². The second kappa shape index (κ2) is 6.35. The molecule has 1 aromatic carbocycles. The van der Waals surface area contributed by atoms with Crippen LogP contribution < -0.4 is 4.74 Å². The van der Waals surface area contributed by atoms with E-state index >= 15 is 0 Å². The first-order chi connectivity index (χ1) is 10.1. The lowest BCUT2D eigenvalue weighted by atomic mass is 10.1. The number of aryl methyl sites for hydroxylation is 2. The van der Waals surface area contributed by atoms with Crippen molar-refractivity contribution in [2.75, 3.05) is 13.7 Å². The van der Waals surface area contributed by atoms with Crippen molar-refractivity contribution in [1.29, 1.82) is 0 Å². The maximum Gasteiger partial charge on any atom is 0.341 e. The minimum atomic E-state index is -0.396. The van der Waals surface area contributed by atoms with Gasteiger partial charge in [-0.25, -0.2) is 14.8 Å². The van der Waals surface area contributed by atoms with E-state index < -0.39 is 5.97 Å². The van der Waals surface area contributed by atoms with Crippen molar-refractivity contribution in [3.05, 3.63) is 41.2 Å². The third-order valence-corrected chi connectivity index (χ3v) is 3.13. The summed E-state index contributed by atoms with van der Waals surface area (Å²) in [4.78, 5) is 20.4. The highest BCUT2D eigenvalue weighted by molar-refractivity contribution is 5.90. The second-order valence-electron chi connectivity index (χ2n) is 4.60. The number of methoxy groups -OCH3 is 1. The summed E-state index contributed by atoms with van der Waals surface area (Å²) >= 11 is 0. The first-order valence-corrected chi connectivity index (χ1v) is 6.72. The molecule has 0 radical (unpaired) electrons. The molecule has 0 spiro atoms. The SMILES string of the molecule is CCOC(=O)c1cnc(-c2ccc(OC)c(C)c2)nc1C. The number of ether oxygens (including phenoxy) is 2. The van der Waals surface area contributed by atoms with E-state index in [1.165, 1.54) is 6.20 Å². The molecule has 1 heterocycles. The van der Waals surface area contributed by atoms with Crippen LogP contribution in [0.25, 0.3) is 11.4 Å². The summed E-state index contributed by atoms with van der Waals surface area (Å²) in [6.07, 6.45) is 1.51. The number of rotatable bonds is 4. The smallest absolute Gasteiger partial charge is 0.341 e. The van der Waals surface area contributed by atoms with E-state index in [0.717, 1.165) is 16.9 Å². The predicted octanol–water partition coefficient (Wildman–Crippen LogP) is 2.95. The Balaban J connectivity index is 2.36. The molecule has 0 saturated heterocycles. The Bertz CT molecular complexity index is 669. The minimum Gasteiger partial charge on any atom is -0.496 e. The molecule has 0 fully saturated rings. The monoisotopic (exact) mass is 286 g/mol. The largest absolute Gasteiger partial charge is 0.496 e. The van der Waals surface area contributed by atoms with Gasteiger partial charge in [-0.2, -0.15) is 0 Å². The van der Waals surface area contributed by atoms with Crippen molar-refractivity contribution in [2.24, 2.45) is 0 Å². The average molecular weight is 286 g/mol. The van der Waals surface area contributed by atoms with Gasteiger partial charge in [0, 0.05) is 11.8 Å². The van der Waals surface area contributed by atoms with Gasteiger partial charge in [0.1, 0.15) is 5.75 Å². The highest BCUT2D eigenvalue weighted by Crippen LogP contribution is 2.24. The Morgan fingerprint density at radius 2 is 2.05 bits per heavy atom. The van der Waals surface area contributed by atoms with Crippen LogP contribution in [0.1, 0.15) is 28.5 Å². The van der Waals surface area contributed by atoms with Crippen molar-refractivity contribution in [1.82, 2.24) is 9.97 Å². The number of aromatic nitrogens is 2. The number of carbonyl (C=O) groups is 1. The van der Waals surface area contributed by atoms with Gasteiger partial charge < -0.3 is 9.47 Å². The summed E-state index contributed by atoms with van der Waals surface area (Å²) < 4.78 is 10.2. The van der Waals surface area contributed by atoms with Gasteiger partial charge in [0.15, 0.2) is 5.82 Å². The zero-order valence-electron chi connectivity index (χ0n) is 12.6. The van der Waals surface area contributed by atoms with Crippen LogP contribution in [-0.4, -0.2) is 29.7 Å². The number of esters is 1. The average Bonchev–Trinajstić information content (AvgIpc) is 2.47. The van der Waals surface area contributed by atoms with Gasteiger partial charge in [-0.3, -0.25) is 0 Å². The van der Waals surface area contributed by atoms with Gasteiger partial charge in [-0.15, -0.1) is 0 Å². The summed E-state index contributed by atoms with van der Waals surface area (Å²) in [6.45, 7) is 5.83. The van der Waals surface area contributed by atoms with Gasteiger partial charge in [0.2, 0.25) is 0 Å². The lowest BCUT2D eigenvalue weighted by molar-refractivity contribution is 0.0524. The van der Waals surface area contributed by atoms with Crippen LogP contribution in [0.3, 0.4) is 0 Å². The minimum absolute atomic E-state index is 0.331. The zero-order chi connectivity index (χ0) is 15.4. The van der Waals surface area contributed by atoms with E-state index in [1.807, 2.05) is 25.1 Å². The first-order valence-electron chi connectivity index (χ1n) is 6.72. The summed E-state index contributed by atoms with van der Waals surface area (Å²) in [7, 11) is 1.64. The zero-order valence-corrected chi connectivity index (χ0v) is 12.6. The second-order valence-corrected chi connectivity index (χ2v) is 4.60. The van der Waals surface area contributed by atoms with E-state index in [-0.39, 0.29) is 0 Å². The molecule has 21 heavy (non-hydrogen) atoms. The number of carbonyl (C=O) groups excluding carboxylic acids is 1. The number of nitrogens with zero attached hydrogens (tertiary/aromatic N) is 2. The molecule has 110 valence electrons. The van der Waals surface area contributed by atoms with E-state index in [4.69, 9.17) is 9.47 Å². The third-order valence-electron chi connectivity index (χ3n) is 3.13. The van der Waals surface area contributed by atoms with Crippen LogP contribution in [0.5, 0.6) is 5.75 Å². The van der Waals surface area contributed by atoms with Crippen molar-refractivity contribution in [3.8, 4) is 17.1 Å². The van der Waals surface area contributed by atoms with Gasteiger partial charge >= 0.3 is 5.97 Å². The molecule has 0 unspecified atom stereocenters. The maximum absolute atomic E-state index is 11.7. The van der Waals surface area contributed by atoms with Crippen molar-refractivity contribution >= 4 is 5.97 Å². The number of hydrogen-bond donors (Lipinski definition) is 0. The number of hydrogen-bond acceptors (Lipinski definition) is 5. The van der Waals surface area contributed by atoms with Crippen LogP contribution in [0.2, 0.25) is 0 Å². The molecule has 5 nitrogen and oxygen atoms in total. The van der Waals surface area contributed by atoms with Gasteiger partial charge in [0.25, 0.3) is 0 Å². The van der Waals surface area contributed by atoms with Crippen LogP contribution in [0, 0.1) is 13.8 Å². The normalized spacial score (nSPS) is 10.3. The molecule has 5 heteroatoms. The van der Waals surface area contributed by atoms with Crippen LogP contribution >= 0.6 is 0 Å². The van der Waals surface area contributed by atoms with E-state index in [9.17, 15) is 4.79 Å². The first kappa shape index (κ1) is 15.0. The topological polar surface area (TPSA) is 61.3 Å². The molecule has 2 rings (SSSR count). The molecule has 2 aromatic rings. The lowest BCUT2D eigenvalue weighted by Gasteiger charge is -2.09. The lowest BCUT2D eigenvalue weighted by Crippen LogP contribution is -2.09. The summed E-state index contributed by atoms with van der Waals surface area (Å²) in [5.74, 6) is 0.998. The molecule has 0 N–H and O–H groups in total. The van der Waals surface area contributed by atoms with Gasteiger partial charge in [-0.05, 0) is 44.5 Å². The molecule has 1 aromatic heterocycles. The molecular weight excluding hydrogens is 268 g/mol. The fourth-order valence-corrected chi connectivity index (χ4v) is 2.03. The fourth-order valence-electron chi connectivity index (χ4n) is 2.03. The van der Waals surface area contributed by atoms with Crippen molar-refractivity contribution in [3.63, 3.8) is 0 Å². The third kappa shape index (κ3) is 3.18. The summed E-state index contributed by atoms with van der Waals surface area (Å²) in [5.41, 5.74) is 2.88. The summed E-state index contributed by atoms with van der Waals surface area (Å²) in [6, 6.07) is 5.73. The van der Waals surface area contributed by atoms with Crippen LogP contribution in [0.15, 0.2) is 24.4 Å². The number of benzene rings is 1. The Morgan fingerprint density at radius 1 is 1.29 bits per heavy atom. The molecular formula is C16H18N2O3. The Hall–Kier alpha value is -2.43. The molecule has 0 aliphatic rings. The molecule has 0 amide bonds. The van der Waals surface area contributed by atoms with Crippen molar-refractivity contribution in [2.45, 2.75) is 20.8 Å². The summed E-state index contributed by atoms with van der Waals surface area (Å²) in [5, 5.41) is 0. The van der Waals surface area contributed by atoms with E-state index in [1.54, 1.807) is 21.0 Å². The van der Waals surface area contributed by atoms with Gasteiger partial charge in [0.05, 0.1) is 25.0 Å². The Morgan fingerprint density at radius 3 is 2.62 bits per heavy atom. The fraction of sp³-hybridized carbons (Fsp3) is 0.312. The standard InChI is InChI=1S/C16H18N2O3/c1-5-21-16(19)13-9-17-15(18-11(13)3)12-6-7-14(20-4)10(2)8-12/h6-9H,5H2,1-4H3. The molecule has 0 aliphatic heterocycles. The molecule has 0 bridgehead atoms. The van der Waals surface area contributed by atoms with Gasteiger partial charge in [-0.1, -0.05) is 0 Å². The van der Waals surface area contributed by atoms with Crippen LogP contribution in [0.4, 0.5) is 0 Å². The quantitative estimate of drug-likeness (QED) is 0.809. The molecule has 0 saturated carbocycles. The highest BCUT2D eigenvalue weighted by atomic mass is 16.5. The van der Waals surface area contributed by atoms with Crippen LogP contribution in [-0.2, 0) is 4.74 Å². The Kier molecular flexibility index (Phi) is 4.52.